The topological polar surface area (TPSA) is 16.1 Å². The summed E-state index contributed by atoms with van der Waals surface area (Å²) in [4.78, 5) is 7.52. The van der Waals surface area contributed by atoms with Crippen molar-refractivity contribution in [1.82, 2.24) is 4.98 Å². The molecule has 0 fully saturated rings. The van der Waals surface area contributed by atoms with Gasteiger partial charge in [-0.05, 0) is 109 Å². The number of fused-ring (bicyclic) bond motifs is 5. The van der Waals surface area contributed by atoms with Crippen molar-refractivity contribution in [2.24, 2.45) is 0 Å². The molecule has 0 saturated carbocycles. The summed E-state index contributed by atoms with van der Waals surface area (Å²) in [5.41, 5.74) is 17.0. The van der Waals surface area contributed by atoms with E-state index in [0.717, 1.165) is 28.3 Å². The van der Waals surface area contributed by atoms with Crippen molar-refractivity contribution in [3.8, 4) is 44.6 Å². The van der Waals surface area contributed by atoms with Gasteiger partial charge in [-0.15, -0.1) is 0 Å². The average Bonchev–Trinajstić information content (AvgIpc) is 3.64. The van der Waals surface area contributed by atoms with Gasteiger partial charge in [0.1, 0.15) is 0 Å². The van der Waals surface area contributed by atoms with Crippen LogP contribution in [-0.4, -0.2) is 4.98 Å². The van der Waals surface area contributed by atoms with Crippen molar-refractivity contribution in [3.63, 3.8) is 0 Å². The molecular weight excluding hydrogens is 725 g/mol. The molecule has 0 amide bonds. The molecule has 2 heteroatoms. The Morgan fingerprint density at radius 2 is 0.833 bits per heavy atom. The predicted molar refractivity (Wildman–Crippen MR) is 250 cm³/mol. The smallest absolute Gasteiger partial charge is 0.0714 e. The zero-order valence-electron chi connectivity index (χ0n) is 33.0. The van der Waals surface area contributed by atoms with Crippen molar-refractivity contribution in [2.45, 2.75) is 5.41 Å². The average molecular weight is 765 g/mol. The lowest BCUT2D eigenvalue weighted by molar-refractivity contribution is 0.769. The Balaban J connectivity index is 1.04. The summed E-state index contributed by atoms with van der Waals surface area (Å²) < 4.78 is 0. The lowest BCUT2D eigenvalue weighted by atomic mass is 9.67. The monoisotopic (exact) mass is 764 g/mol. The van der Waals surface area contributed by atoms with Gasteiger partial charge in [-0.1, -0.05) is 194 Å². The number of hydrogen-bond acceptors (Lipinski definition) is 2. The molecule has 0 spiro atoms. The van der Waals surface area contributed by atoms with Gasteiger partial charge >= 0.3 is 0 Å². The third-order valence-corrected chi connectivity index (χ3v) is 12.2. The van der Waals surface area contributed by atoms with E-state index in [1.165, 1.54) is 66.4 Å². The van der Waals surface area contributed by atoms with Crippen LogP contribution >= 0.6 is 0 Å². The van der Waals surface area contributed by atoms with Crippen LogP contribution in [0.5, 0.6) is 0 Å². The molecule has 0 atom stereocenters. The van der Waals surface area contributed by atoms with Crippen molar-refractivity contribution in [2.75, 3.05) is 4.90 Å². The first-order chi connectivity index (χ1) is 29.8. The highest BCUT2D eigenvalue weighted by molar-refractivity contribution is 6.04. The van der Waals surface area contributed by atoms with E-state index in [1.54, 1.807) is 0 Å². The van der Waals surface area contributed by atoms with E-state index in [1.807, 2.05) is 6.20 Å². The van der Waals surface area contributed by atoms with E-state index < -0.39 is 5.41 Å². The van der Waals surface area contributed by atoms with Crippen molar-refractivity contribution in [3.05, 3.63) is 265 Å². The van der Waals surface area contributed by atoms with Gasteiger partial charge in [-0.3, -0.25) is 4.98 Å². The lowest BCUT2D eigenvalue weighted by Gasteiger charge is -2.34. The van der Waals surface area contributed by atoms with Crippen LogP contribution in [0.15, 0.2) is 243 Å². The van der Waals surface area contributed by atoms with Crippen LogP contribution in [0.25, 0.3) is 55.4 Å². The molecule has 0 N–H and O–H groups in total. The molecule has 11 rings (SSSR count). The highest BCUT2D eigenvalue weighted by atomic mass is 15.1. The number of nitrogens with zero attached hydrogens (tertiary/aromatic N) is 2. The number of hydrogen-bond donors (Lipinski definition) is 0. The third kappa shape index (κ3) is 5.92. The van der Waals surface area contributed by atoms with E-state index in [4.69, 9.17) is 4.98 Å². The van der Waals surface area contributed by atoms with Gasteiger partial charge in [0, 0.05) is 16.9 Å². The fourth-order valence-electron chi connectivity index (χ4n) is 9.42. The van der Waals surface area contributed by atoms with Crippen molar-refractivity contribution in [1.29, 1.82) is 0 Å². The number of anilines is 3. The molecule has 1 aliphatic rings. The first kappa shape index (κ1) is 35.4. The van der Waals surface area contributed by atoms with E-state index >= 15 is 0 Å². The molecular formula is C58H40N2. The zero-order chi connectivity index (χ0) is 39.9. The Hall–Kier alpha value is -7.81. The Morgan fingerprint density at radius 3 is 1.38 bits per heavy atom. The van der Waals surface area contributed by atoms with Gasteiger partial charge in [0.15, 0.2) is 0 Å². The summed E-state index contributed by atoms with van der Waals surface area (Å²) in [6.07, 6.45) is 2.02. The van der Waals surface area contributed by atoms with Crippen LogP contribution in [0.4, 0.5) is 17.1 Å². The Bertz CT molecular complexity index is 2960. The molecule has 60 heavy (non-hydrogen) atoms. The summed E-state index contributed by atoms with van der Waals surface area (Å²) in [6.45, 7) is 0. The quantitative estimate of drug-likeness (QED) is 0.153. The van der Waals surface area contributed by atoms with Crippen molar-refractivity contribution >= 4 is 27.8 Å². The first-order valence-electron chi connectivity index (χ1n) is 20.6. The number of pyridine rings is 1. The highest BCUT2D eigenvalue weighted by Gasteiger charge is 2.46. The fourth-order valence-corrected chi connectivity index (χ4v) is 9.42. The zero-order valence-corrected chi connectivity index (χ0v) is 33.0. The van der Waals surface area contributed by atoms with E-state index in [0.29, 0.717) is 0 Å². The van der Waals surface area contributed by atoms with E-state index in [-0.39, 0.29) is 0 Å². The molecule has 1 aliphatic carbocycles. The third-order valence-electron chi connectivity index (χ3n) is 12.2. The van der Waals surface area contributed by atoms with Gasteiger partial charge in [-0.25, -0.2) is 0 Å². The van der Waals surface area contributed by atoms with Crippen LogP contribution in [0, 0.1) is 0 Å². The summed E-state index contributed by atoms with van der Waals surface area (Å²) in [7, 11) is 0. The Labute approximate surface area is 351 Å². The molecule has 2 nitrogen and oxygen atoms in total. The summed E-state index contributed by atoms with van der Waals surface area (Å²) in [6, 6.07) is 85.5. The molecule has 9 aromatic carbocycles. The van der Waals surface area contributed by atoms with E-state index in [2.05, 4.69) is 241 Å². The van der Waals surface area contributed by atoms with E-state index in [9.17, 15) is 0 Å². The molecule has 0 radical (unpaired) electrons. The molecule has 1 aromatic heterocycles. The predicted octanol–water partition coefficient (Wildman–Crippen LogP) is 15.1. The molecule has 0 saturated heterocycles. The van der Waals surface area contributed by atoms with Crippen LogP contribution in [0.3, 0.4) is 0 Å². The summed E-state index contributed by atoms with van der Waals surface area (Å²) in [5, 5.41) is 2.52. The van der Waals surface area contributed by atoms with Gasteiger partial charge in [0.25, 0.3) is 0 Å². The minimum Gasteiger partial charge on any atom is -0.309 e. The molecule has 282 valence electrons. The van der Waals surface area contributed by atoms with Gasteiger partial charge < -0.3 is 4.90 Å². The minimum absolute atomic E-state index is 0.512. The SMILES string of the molecule is c1ccc(-c2ccc(N(c3ccc(-c4ccccc4)cc3)c3ccc(-c4ccc5c(c4)C(c4ccccc4)(c4ccccc4)c4ccc6ccccc6c4-5)nc3)cc2)cc1. The maximum atomic E-state index is 5.23. The number of aromatic nitrogens is 1. The normalized spacial score (nSPS) is 12.5. The number of benzene rings is 9. The second-order valence-electron chi connectivity index (χ2n) is 15.5. The molecule has 1 heterocycles. The fraction of sp³-hybridized carbons (Fsp3) is 0.0172. The lowest BCUT2D eigenvalue weighted by Crippen LogP contribution is -2.28. The molecule has 0 unspecified atom stereocenters. The molecule has 0 bridgehead atoms. The van der Waals surface area contributed by atoms with Gasteiger partial charge in [-0.2, -0.15) is 0 Å². The second-order valence-corrected chi connectivity index (χ2v) is 15.5. The maximum Gasteiger partial charge on any atom is 0.0714 e. The first-order valence-corrected chi connectivity index (χ1v) is 20.6. The van der Waals surface area contributed by atoms with Gasteiger partial charge in [0.2, 0.25) is 0 Å². The Morgan fingerprint density at radius 1 is 0.350 bits per heavy atom. The molecule has 0 aliphatic heterocycles. The minimum atomic E-state index is -0.512. The largest absolute Gasteiger partial charge is 0.309 e. The highest BCUT2D eigenvalue weighted by Crippen LogP contribution is 2.58. The standard InChI is InChI=1S/C58H40N2/c1-5-15-41(16-6-1)43-25-31-49(32-26-43)60(50-33-27-44(28-34-50)42-17-7-2-8-18-42)51-35-38-56(59-40-51)46-29-36-53-55(39-46)58(47-20-9-3-10-21-47,48-22-11-4-12-23-48)54-37-30-45-19-13-14-24-52(45)57(53)54/h1-40H. The van der Waals surface area contributed by atoms with Crippen LogP contribution in [0.1, 0.15) is 22.3 Å². The number of rotatable bonds is 8. The summed E-state index contributed by atoms with van der Waals surface area (Å²) >= 11 is 0. The maximum absolute atomic E-state index is 5.23. The van der Waals surface area contributed by atoms with Crippen LogP contribution < -0.4 is 4.90 Å². The van der Waals surface area contributed by atoms with Crippen LogP contribution in [-0.2, 0) is 5.41 Å². The van der Waals surface area contributed by atoms with Crippen molar-refractivity contribution < 1.29 is 0 Å². The van der Waals surface area contributed by atoms with Crippen LogP contribution in [0.2, 0.25) is 0 Å². The summed E-state index contributed by atoms with van der Waals surface area (Å²) in [5.74, 6) is 0. The Kier molecular flexibility index (Phi) is 8.75. The second kappa shape index (κ2) is 14.8. The molecule has 10 aromatic rings. The van der Waals surface area contributed by atoms with Gasteiger partial charge in [0.05, 0.1) is 23.0 Å².